The highest BCUT2D eigenvalue weighted by atomic mass is 16.2. The van der Waals surface area contributed by atoms with Gasteiger partial charge < -0.3 is 4.90 Å². The topological polar surface area (TPSA) is 42.3 Å². The molecule has 1 aliphatic heterocycles. The van der Waals surface area contributed by atoms with E-state index < -0.39 is 0 Å². The SMILES string of the molecule is O=C(C(=Cc1ccccc1)n1ccccc1=O)N1CCC(Cc2ccccc2)CC1. The van der Waals surface area contributed by atoms with Gasteiger partial charge in [-0.05, 0) is 48.4 Å². The van der Waals surface area contributed by atoms with Crippen molar-refractivity contribution < 1.29 is 4.79 Å². The summed E-state index contributed by atoms with van der Waals surface area (Å²) < 4.78 is 1.45. The molecule has 1 aromatic heterocycles. The molecule has 30 heavy (non-hydrogen) atoms. The molecule has 0 aliphatic carbocycles. The third-order valence-corrected chi connectivity index (χ3v) is 5.67. The molecule has 0 N–H and O–H groups in total. The minimum absolute atomic E-state index is 0.0923. The van der Waals surface area contributed by atoms with Crippen molar-refractivity contribution in [1.29, 1.82) is 0 Å². The van der Waals surface area contributed by atoms with Gasteiger partial charge in [0.1, 0.15) is 5.70 Å². The number of aromatic nitrogens is 1. The number of amides is 1. The maximum absolute atomic E-state index is 13.4. The lowest BCUT2D eigenvalue weighted by Gasteiger charge is -2.33. The summed E-state index contributed by atoms with van der Waals surface area (Å²) in [6.45, 7) is 1.42. The highest BCUT2D eigenvalue weighted by molar-refractivity contribution is 6.18. The van der Waals surface area contributed by atoms with Gasteiger partial charge in [0.05, 0.1) is 0 Å². The van der Waals surface area contributed by atoms with Crippen LogP contribution in [0.5, 0.6) is 0 Å². The maximum Gasteiger partial charge on any atom is 0.270 e. The van der Waals surface area contributed by atoms with Crippen molar-refractivity contribution in [3.63, 3.8) is 0 Å². The number of carbonyl (C=O) groups is 1. The molecule has 4 nitrogen and oxygen atoms in total. The van der Waals surface area contributed by atoms with Crippen LogP contribution in [0.3, 0.4) is 0 Å². The largest absolute Gasteiger partial charge is 0.337 e. The van der Waals surface area contributed by atoms with Crippen LogP contribution in [0.4, 0.5) is 0 Å². The molecule has 0 bridgehead atoms. The average molecular weight is 399 g/mol. The zero-order chi connectivity index (χ0) is 20.8. The highest BCUT2D eigenvalue weighted by Gasteiger charge is 2.26. The lowest BCUT2D eigenvalue weighted by Crippen LogP contribution is -2.41. The van der Waals surface area contributed by atoms with Crippen molar-refractivity contribution in [1.82, 2.24) is 9.47 Å². The van der Waals surface area contributed by atoms with Crippen molar-refractivity contribution >= 4 is 17.7 Å². The fourth-order valence-electron chi connectivity index (χ4n) is 4.02. The van der Waals surface area contributed by atoms with Gasteiger partial charge in [-0.1, -0.05) is 66.7 Å². The fourth-order valence-corrected chi connectivity index (χ4v) is 4.02. The Hall–Kier alpha value is -3.40. The zero-order valence-electron chi connectivity index (χ0n) is 17.0. The summed E-state index contributed by atoms with van der Waals surface area (Å²) in [7, 11) is 0. The number of carbonyl (C=O) groups excluding carboxylic acids is 1. The summed E-state index contributed by atoms with van der Waals surface area (Å²) in [6, 6.07) is 25.1. The molecule has 3 aromatic rings. The van der Waals surface area contributed by atoms with E-state index in [0.29, 0.717) is 24.7 Å². The number of rotatable bonds is 5. The molecule has 1 saturated heterocycles. The quantitative estimate of drug-likeness (QED) is 0.601. The van der Waals surface area contributed by atoms with E-state index in [2.05, 4.69) is 24.3 Å². The molecule has 0 spiro atoms. The maximum atomic E-state index is 13.4. The van der Waals surface area contributed by atoms with E-state index >= 15 is 0 Å². The van der Waals surface area contributed by atoms with Gasteiger partial charge >= 0.3 is 0 Å². The van der Waals surface area contributed by atoms with Crippen LogP contribution < -0.4 is 5.56 Å². The van der Waals surface area contributed by atoms with E-state index in [1.54, 1.807) is 24.4 Å². The second-order valence-electron chi connectivity index (χ2n) is 7.77. The van der Waals surface area contributed by atoms with Crippen LogP contribution in [-0.4, -0.2) is 28.5 Å². The Morgan fingerprint density at radius 3 is 2.17 bits per heavy atom. The summed E-state index contributed by atoms with van der Waals surface area (Å²) in [5.41, 5.74) is 2.44. The van der Waals surface area contributed by atoms with Crippen molar-refractivity contribution in [3.8, 4) is 0 Å². The average Bonchev–Trinajstić information content (AvgIpc) is 2.80. The second-order valence-corrected chi connectivity index (χ2v) is 7.77. The van der Waals surface area contributed by atoms with Crippen molar-refractivity contribution in [2.75, 3.05) is 13.1 Å². The summed E-state index contributed by atoms with van der Waals surface area (Å²) >= 11 is 0. The highest BCUT2D eigenvalue weighted by Crippen LogP contribution is 2.24. The fraction of sp³-hybridized carbons (Fsp3) is 0.231. The normalized spacial score (nSPS) is 15.2. The summed E-state index contributed by atoms with van der Waals surface area (Å²) in [5.74, 6) is 0.489. The van der Waals surface area contributed by atoms with Crippen LogP contribution in [0.25, 0.3) is 11.8 Å². The van der Waals surface area contributed by atoms with E-state index in [0.717, 1.165) is 24.8 Å². The zero-order valence-corrected chi connectivity index (χ0v) is 17.0. The van der Waals surface area contributed by atoms with Crippen molar-refractivity contribution in [2.24, 2.45) is 5.92 Å². The molecule has 1 aliphatic rings. The molecule has 0 atom stereocenters. The smallest absolute Gasteiger partial charge is 0.270 e. The van der Waals surface area contributed by atoms with E-state index in [-0.39, 0.29) is 11.5 Å². The Kier molecular flexibility index (Phi) is 6.23. The predicted octanol–water partition coefficient (Wildman–Crippen LogP) is 4.33. The van der Waals surface area contributed by atoms with Crippen LogP contribution in [0, 0.1) is 5.92 Å². The Morgan fingerprint density at radius 1 is 0.867 bits per heavy atom. The molecule has 1 fully saturated rings. The number of likely N-dealkylation sites (tertiary alicyclic amines) is 1. The van der Waals surface area contributed by atoms with Crippen LogP contribution >= 0.6 is 0 Å². The van der Waals surface area contributed by atoms with Crippen molar-refractivity contribution in [3.05, 3.63) is 107 Å². The first-order valence-corrected chi connectivity index (χ1v) is 10.5. The number of hydrogen-bond donors (Lipinski definition) is 0. The first kappa shape index (κ1) is 19.9. The standard InChI is InChI=1S/C26H26N2O2/c29-25-13-7-8-16-28(25)24(20-22-11-5-2-6-12-22)26(30)27-17-14-23(15-18-27)19-21-9-3-1-4-10-21/h1-13,16,20,23H,14-15,17-19H2. The van der Waals surface area contributed by atoms with Gasteiger partial charge in [-0.25, -0.2) is 0 Å². The number of hydrogen-bond acceptors (Lipinski definition) is 2. The van der Waals surface area contributed by atoms with Gasteiger partial charge in [-0.2, -0.15) is 0 Å². The van der Waals surface area contributed by atoms with Crippen LogP contribution in [0.15, 0.2) is 89.9 Å². The molecule has 152 valence electrons. The molecular weight excluding hydrogens is 372 g/mol. The Morgan fingerprint density at radius 2 is 1.50 bits per heavy atom. The van der Waals surface area contributed by atoms with E-state index in [1.165, 1.54) is 16.2 Å². The Balaban J connectivity index is 1.52. The first-order valence-electron chi connectivity index (χ1n) is 10.5. The van der Waals surface area contributed by atoms with Gasteiger partial charge in [0, 0.05) is 25.4 Å². The molecule has 4 rings (SSSR count). The Labute approximate surface area is 177 Å². The molecule has 0 radical (unpaired) electrons. The Bertz CT molecular complexity index is 1060. The minimum Gasteiger partial charge on any atom is -0.337 e. The first-order chi connectivity index (χ1) is 14.7. The van der Waals surface area contributed by atoms with E-state index in [9.17, 15) is 9.59 Å². The van der Waals surface area contributed by atoms with Gasteiger partial charge in [0.15, 0.2) is 0 Å². The molecule has 4 heteroatoms. The summed E-state index contributed by atoms with van der Waals surface area (Å²) in [6.07, 6.45) is 6.47. The molecular formula is C26H26N2O2. The molecule has 2 heterocycles. The number of piperidine rings is 1. The van der Waals surface area contributed by atoms with Crippen LogP contribution in [-0.2, 0) is 11.2 Å². The number of pyridine rings is 1. The second kappa shape index (κ2) is 9.40. The third kappa shape index (κ3) is 4.77. The third-order valence-electron chi connectivity index (χ3n) is 5.67. The van der Waals surface area contributed by atoms with E-state index in [4.69, 9.17) is 0 Å². The number of benzene rings is 2. The molecule has 0 saturated carbocycles. The number of nitrogens with zero attached hydrogens (tertiary/aromatic N) is 2. The molecule has 0 unspecified atom stereocenters. The predicted molar refractivity (Wildman–Crippen MR) is 121 cm³/mol. The van der Waals surface area contributed by atoms with Crippen LogP contribution in [0.2, 0.25) is 0 Å². The van der Waals surface area contributed by atoms with Gasteiger partial charge in [-0.3, -0.25) is 14.2 Å². The lowest BCUT2D eigenvalue weighted by molar-refractivity contribution is -0.126. The summed E-state index contributed by atoms with van der Waals surface area (Å²) in [5, 5.41) is 0. The summed E-state index contributed by atoms with van der Waals surface area (Å²) in [4.78, 5) is 27.7. The van der Waals surface area contributed by atoms with E-state index in [1.807, 2.05) is 41.3 Å². The minimum atomic E-state index is -0.202. The van der Waals surface area contributed by atoms with Crippen LogP contribution in [0.1, 0.15) is 24.0 Å². The van der Waals surface area contributed by atoms with Gasteiger partial charge in [0.25, 0.3) is 11.5 Å². The lowest BCUT2D eigenvalue weighted by atomic mass is 9.90. The molecule has 1 amide bonds. The molecule has 2 aromatic carbocycles. The van der Waals surface area contributed by atoms with Gasteiger partial charge in [0.2, 0.25) is 0 Å². The van der Waals surface area contributed by atoms with Crippen molar-refractivity contribution in [2.45, 2.75) is 19.3 Å². The van der Waals surface area contributed by atoms with Gasteiger partial charge in [-0.15, -0.1) is 0 Å². The monoisotopic (exact) mass is 398 g/mol.